The van der Waals surface area contributed by atoms with Crippen LogP contribution in [0, 0.1) is 0 Å². The lowest BCUT2D eigenvalue weighted by Crippen LogP contribution is -2.43. The van der Waals surface area contributed by atoms with Crippen molar-refractivity contribution in [2.24, 2.45) is 0 Å². The van der Waals surface area contributed by atoms with E-state index in [1.807, 2.05) is 0 Å². The van der Waals surface area contributed by atoms with Crippen LogP contribution in [0.4, 0.5) is 4.79 Å². The fraction of sp³-hybridized carbons (Fsp3) is 0.500. The topological polar surface area (TPSA) is 110 Å². The normalized spacial score (nSPS) is 21.2. The lowest BCUT2D eigenvalue weighted by atomic mass is 10.2. The summed E-state index contributed by atoms with van der Waals surface area (Å²) < 4.78 is 34.9. The van der Waals surface area contributed by atoms with E-state index in [1.54, 1.807) is 39.0 Å². The third-order valence-electron chi connectivity index (χ3n) is 3.47. The molecule has 1 heterocycles. The molecular weight excluding hydrogens is 350 g/mol. The smallest absolute Gasteiger partial charge is 0.411 e. The van der Waals surface area contributed by atoms with Gasteiger partial charge in [-0.1, -0.05) is 18.2 Å². The summed E-state index contributed by atoms with van der Waals surface area (Å²) in [6.07, 6.45) is -1.91. The van der Waals surface area contributed by atoms with E-state index in [9.17, 15) is 23.1 Å². The number of carbonyl (C=O) groups is 2. The first-order chi connectivity index (χ1) is 11.5. The molecular formula is C16H21NO7S. The van der Waals surface area contributed by atoms with Gasteiger partial charge in [-0.05, 0) is 32.9 Å². The molecule has 1 N–H and O–H groups in total. The van der Waals surface area contributed by atoms with Crippen molar-refractivity contribution >= 4 is 22.2 Å². The van der Waals surface area contributed by atoms with Crippen LogP contribution in [0.3, 0.4) is 0 Å². The molecule has 0 aromatic heterocycles. The van der Waals surface area contributed by atoms with Crippen LogP contribution in [0.25, 0.3) is 0 Å². The third kappa shape index (κ3) is 4.93. The number of carbonyl (C=O) groups excluding carboxylic acids is 1. The number of ether oxygens (including phenoxy) is 1. The van der Waals surface area contributed by atoms with Crippen molar-refractivity contribution in [2.75, 3.05) is 6.54 Å². The monoisotopic (exact) mass is 371 g/mol. The number of benzene rings is 1. The molecule has 0 radical (unpaired) electrons. The fourth-order valence-corrected chi connectivity index (χ4v) is 3.54. The van der Waals surface area contributed by atoms with E-state index in [-0.39, 0.29) is 17.9 Å². The second kappa shape index (κ2) is 7.01. The van der Waals surface area contributed by atoms with Crippen LogP contribution in [0.15, 0.2) is 35.2 Å². The van der Waals surface area contributed by atoms with Crippen LogP contribution in [0.1, 0.15) is 27.2 Å². The molecule has 9 heteroatoms. The maximum Gasteiger partial charge on any atom is 0.411 e. The SMILES string of the molecule is CC(C)(C)OC(=O)N1C[C@@H](OS(=O)(=O)c2ccccc2)C[C@@H]1C(=O)O. The van der Waals surface area contributed by atoms with Gasteiger partial charge in [-0.3, -0.25) is 9.08 Å². The lowest BCUT2D eigenvalue weighted by molar-refractivity contribution is -0.142. The first-order valence-electron chi connectivity index (χ1n) is 7.70. The Morgan fingerprint density at radius 1 is 1.20 bits per heavy atom. The maximum atomic E-state index is 12.3. The van der Waals surface area contributed by atoms with Crippen LogP contribution in [-0.4, -0.2) is 54.8 Å². The van der Waals surface area contributed by atoms with Gasteiger partial charge < -0.3 is 9.84 Å². The summed E-state index contributed by atoms with van der Waals surface area (Å²) in [5, 5.41) is 9.31. The predicted molar refractivity (Wildman–Crippen MR) is 87.5 cm³/mol. The van der Waals surface area contributed by atoms with Crippen molar-refractivity contribution in [3.05, 3.63) is 30.3 Å². The van der Waals surface area contributed by atoms with Crippen molar-refractivity contribution in [1.29, 1.82) is 0 Å². The Hall–Kier alpha value is -2.13. The van der Waals surface area contributed by atoms with Crippen molar-refractivity contribution < 1.29 is 32.0 Å². The largest absolute Gasteiger partial charge is 0.480 e. The van der Waals surface area contributed by atoms with Gasteiger partial charge in [-0.15, -0.1) is 0 Å². The first kappa shape index (κ1) is 19.2. The van der Waals surface area contributed by atoms with Gasteiger partial charge in [0.05, 0.1) is 17.5 Å². The second-order valence-electron chi connectivity index (χ2n) is 6.71. The number of hydrogen-bond acceptors (Lipinski definition) is 6. The zero-order valence-corrected chi connectivity index (χ0v) is 15.0. The summed E-state index contributed by atoms with van der Waals surface area (Å²) in [5.74, 6) is -1.24. The lowest BCUT2D eigenvalue weighted by Gasteiger charge is -2.26. The van der Waals surface area contributed by atoms with Crippen molar-refractivity contribution in [3.8, 4) is 0 Å². The molecule has 1 aromatic rings. The number of aliphatic carboxylic acids is 1. The summed E-state index contributed by atoms with van der Waals surface area (Å²) in [4.78, 5) is 24.6. The van der Waals surface area contributed by atoms with Crippen molar-refractivity contribution in [3.63, 3.8) is 0 Å². The van der Waals surface area contributed by atoms with E-state index in [0.717, 1.165) is 4.90 Å². The number of carboxylic acid groups (broad SMARTS) is 1. The van der Waals surface area contributed by atoms with Gasteiger partial charge in [0.2, 0.25) is 0 Å². The molecule has 1 fully saturated rings. The van der Waals surface area contributed by atoms with E-state index in [2.05, 4.69) is 0 Å². The minimum atomic E-state index is -4.05. The Labute approximate surface area is 146 Å². The van der Waals surface area contributed by atoms with Gasteiger partial charge in [0.25, 0.3) is 10.1 Å². The molecule has 138 valence electrons. The summed E-state index contributed by atoms with van der Waals surface area (Å²) in [6.45, 7) is 4.79. The third-order valence-corrected chi connectivity index (χ3v) is 4.85. The quantitative estimate of drug-likeness (QED) is 0.804. The Bertz CT molecular complexity index is 739. The van der Waals surface area contributed by atoms with Crippen LogP contribution < -0.4 is 0 Å². The second-order valence-corrected chi connectivity index (χ2v) is 8.28. The van der Waals surface area contributed by atoms with E-state index in [4.69, 9.17) is 8.92 Å². The number of hydrogen-bond donors (Lipinski definition) is 1. The highest BCUT2D eigenvalue weighted by Crippen LogP contribution is 2.26. The maximum absolute atomic E-state index is 12.3. The van der Waals surface area contributed by atoms with E-state index in [0.29, 0.717) is 0 Å². The first-order valence-corrected chi connectivity index (χ1v) is 9.11. The van der Waals surface area contributed by atoms with Crippen LogP contribution >= 0.6 is 0 Å². The molecule has 8 nitrogen and oxygen atoms in total. The van der Waals surface area contributed by atoms with Crippen LogP contribution in [0.5, 0.6) is 0 Å². The molecule has 25 heavy (non-hydrogen) atoms. The molecule has 1 saturated heterocycles. The van der Waals surface area contributed by atoms with E-state index in [1.165, 1.54) is 12.1 Å². The molecule has 0 spiro atoms. The minimum absolute atomic E-state index is 0.0300. The molecule has 2 atom stereocenters. The molecule has 1 aliphatic rings. The minimum Gasteiger partial charge on any atom is -0.480 e. The Balaban J connectivity index is 2.14. The highest BCUT2D eigenvalue weighted by molar-refractivity contribution is 7.86. The predicted octanol–water partition coefficient (Wildman–Crippen LogP) is 1.85. The number of amides is 1. The molecule has 0 bridgehead atoms. The standard InChI is InChI=1S/C16H21NO7S/c1-16(2,3)23-15(20)17-10-11(9-13(17)14(18)19)24-25(21,22)12-7-5-4-6-8-12/h4-8,11,13H,9-10H2,1-3H3,(H,18,19)/t11-,13+/m0/s1. The Kier molecular flexibility index (Phi) is 5.38. The van der Waals surface area contributed by atoms with Gasteiger partial charge in [-0.25, -0.2) is 9.59 Å². The summed E-state index contributed by atoms with van der Waals surface area (Å²) in [5.41, 5.74) is -0.796. The van der Waals surface area contributed by atoms with E-state index >= 15 is 0 Å². The number of rotatable bonds is 4. The zero-order chi connectivity index (χ0) is 18.8. The Morgan fingerprint density at radius 3 is 2.32 bits per heavy atom. The fourth-order valence-electron chi connectivity index (χ4n) is 2.45. The van der Waals surface area contributed by atoms with Gasteiger partial charge in [0, 0.05) is 6.42 Å². The molecule has 0 saturated carbocycles. The summed E-state index contributed by atoms with van der Waals surface area (Å²) in [6, 6.07) is 6.33. The molecule has 1 aromatic carbocycles. The van der Waals surface area contributed by atoms with E-state index < -0.39 is 39.9 Å². The summed E-state index contributed by atoms with van der Waals surface area (Å²) >= 11 is 0. The van der Waals surface area contributed by atoms with Crippen LogP contribution in [0.2, 0.25) is 0 Å². The van der Waals surface area contributed by atoms with Gasteiger partial charge in [0.15, 0.2) is 0 Å². The number of likely N-dealkylation sites (tertiary alicyclic amines) is 1. The van der Waals surface area contributed by atoms with Crippen molar-refractivity contribution in [2.45, 2.75) is 49.8 Å². The number of carboxylic acids is 1. The molecule has 1 amide bonds. The van der Waals surface area contributed by atoms with Gasteiger partial charge >= 0.3 is 12.1 Å². The average molecular weight is 371 g/mol. The average Bonchev–Trinajstić information content (AvgIpc) is 2.90. The van der Waals surface area contributed by atoms with Gasteiger partial charge in [0.1, 0.15) is 11.6 Å². The Morgan fingerprint density at radius 2 is 1.80 bits per heavy atom. The molecule has 1 aliphatic heterocycles. The van der Waals surface area contributed by atoms with Crippen LogP contribution in [-0.2, 0) is 23.8 Å². The van der Waals surface area contributed by atoms with Crippen molar-refractivity contribution in [1.82, 2.24) is 4.90 Å². The summed E-state index contributed by atoms with van der Waals surface area (Å²) in [7, 11) is -4.05. The van der Waals surface area contributed by atoms with Gasteiger partial charge in [-0.2, -0.15) is 8.42 Å². The number of nitrogens with zero attached hydrogens (tertiary/aromatic N) is 1. The molecule has 0 unspecified atom stereocenters. The highest BCUT2D eigenvalue weighted by atomic mass is 32.2. The molecule has 0 aliphatic carbocycles. The molecule has 2 rings (SSSR count). The highest BCUT2D eigenvalue weighted by Gasteiger charge is 2.43. The zero-order valence-electron chi connectivity index (χ0n) is 14.2.